The Bertz CT molecular complexity index is 345. The van der Waals surface area contributed by atoms with Crippen LogP contribution in [0.3, 0.4) is 0 Å². The van der Waals surface area contributed by atoms with Crippen molar-refractivity contribution in [3.63, 3.8) is 0 Å². The van der Waals surface area contributed by atoms with Crippen LogP contribution in [0.15, 0.2) is 30.3 Å². The van der Waals surface area contributed by atoms with Gasteiger partial charge in [-0.1, -0.05) is 30.3 Å². The molecule has 1 aliphatic heterocycles. The zero-order valence-electron chi connectivity index (χ0n) is 9.03. The Kier molecular flexibility index (Phi) is 2.76. The van der Waals surface area contributed by atoms with Crippen LogP contribution < -0.4 is 0 Å². The van der Waals surface area contributed by atoms with E-state index >= 15 is 0 Å². The summed E-state index contributed by atoms with van der Waals surface area (Å²) < 4.78 is 5.44. The lowest BCUT2D eigenvalue weighted by atomic mass is 9.89. The number of rotatable bonds is 2. The zero-order chi connectivity index (χ0) is 10.7. The Morgan fingerprint density at radius 1 is 1.33 bits per heavy atom. The van der Waals surface area contributed by atoms with E-state index in [1.165, 1.54) is 5.56 Å². The molecule has 2 nitrogen and oxygen atoms in total. The molecule has 0 N–H and O–H groups in total. The average molecular weight is 204 g/mol. The van der Waals surface area contributed by atoms with Gasteiger partial charge in [-0.25, -0.2) is 0 Å². The lowest BCUT2D eigenvalue weighted by molar-refractivity contribution is -0.164. The van der Waals surface area contributed by atoms with Crippen molar-refractivity contribution in [2.24, 2.45) is 0 Å². The van der Waals surface area contributed by atoms with Crippen LogP contribution in [0.1, 0.15) is 31.7 Å². The van der Waals surface area contributed by atoms with E-state index in [9.17, 15) is 4.79 Å². The summed E-state index contributed by atoms with van der Waals surface area (Å²) in [6.07, 6.45) is 3.31. The van der Waals surface area contributed by atoms with Gasteiger partial charge >= 0.3 is 5.97 Å². The SMILES string of the molecule is CC1(Cc2ccccc2)CCCC(=O)O1. The molecular formula is C13H16O2. The Balaban J connectivity index is 2.07. The summed E-state index contributed by atoms with van der Waals surface area (Å²) in [5.74, 6) is -0.0559. The minimum absolute atomic E-state index is 0.0559. The van der Waals surface area contributed by atoms with Gasteiger partial charge in [-0.2, -0.15) is 0 Å². The lowest BCUT2D eigenvalue weighted by Gasteiger charge is -2.33. The Labute approximate surface area is 90.3 Å². The molecule has 0 radical (unpaired) electrons. The van der Waals surface area contributed by atoms with Crippen LogP contribution >= 0.6 is 0 Å². The van der Waals surface area contributed by atoms with Gasteiger partial charge < -0.3 is 4.74 Å². The summed E-state index contributed by atoms with van der Waals surface area (Å²) in [4.78, 5) is 11.2. The van der Waals surface area contributed by atoms with Crippen molar-refractivity contribution in [1.29, 1.82) is 0 Å². The second-order valence-corrected chi connectivity index (χ2v) is 4.44. The van der Waals surface area contributed by atoms with Gasteiger partial charge in [-0.15, -0.1) is 0 Å². The first kappa shape index (κ1) is 10.2. The van der Waals surface area contributed by atoms with E-state index in [4.69, 9.17) is 4.74 Å². The van der Waals surface area contributed by atoms with Gasteiger partial charge in [0.25, 0.3) is 0 Å². The highest BCUT2D eigenvalue weighted by Crippen LogP contribution is 2.28. The number of cyclic esters (lactones) is 1. The fraction of sp³-hybridized carbons (Fsp3) is 0.462. The van der Waals surface area contributed by atoms with Crippen molar-refractivity contribution in [3.05, 3.63) is 35.9 Å². The summed E-state index contributed by atoms with van der Waals surface area (Å²) >= 11 is 0. The smallest absolute Gasteiger partial charge is 0.306 e. The second-order valence-electron chi connectivity index (χ2n) is 4.44. The third kappa shape index (κ3) is 2.58. The van der Waals surface area contributed by atoms with E-state index in [-0.39, 0.29) is 11.6 Å². The van der Waals surface area contributed by atoms with Crippen LogP contribution in [0.5, 0.6) is 0 Å². The van der Waals surface area contributed by atoms with Gasteiger partial charge in [-0.3, -0.25) is 4.79 Å². The maximum absolute atomic E-state index is 11.2. The maximum atomic E-state index is 11.2. The van der Waals surface area contributed by atoms with E-state index < -0.39 is 0 Å². The molecule has 0 saturated carbocycles. The number of carbonyl (C=O) groups is 1. The molecule has 1 aromatic rings. The van der Waals surface area contributed by atoms with Gasteiger partial charge in [0.2, 0.25) is 0 Å². The highest BCUT2D eigenvalue weighted by molar-refractivity contribution is 5.70. The van der Waals surface area contributed by atoms with Gasteiger partial charge in [-0.05, 0) is 25.3 Å². The number of esters is 1. The molecule has 2 rings (SSSR count). The van der Waals surface area contributed by atoms with Crippen LogP contribution in [0, 0.1) is 0 Å². The Hall–Kier alpha value is -1.31. The molecule has 2 heteroatoms. The van der Waals surface area contributed by atoms with Crippen LogP contribution in [0.4, 0.5) is 0 Å². The Morgan fingerprint density at radius 2 is 2.07 bits per heavy atom. The van der Waals surface area contributed by atoms with Crippen molar-refractivity contribution in [1.82, 2.24) is 0 Å². The Morgan fingerprint density at radius 3 is 2.73 bits per heavy atom. The van der Waals surface area contributed by atoms with Gasteiger partial charge in [0.05, 0.1) is 0 Å². The highest BCUT2D eigenvalue weighted by atomic mass is 16.6. The third-order valence-corrected chi connectivity index (χ3v) is 2.87. The van der Waals surface area contributed by atoms with Gasteiger partial charge in [0, 0.05) is 12.8 Å². The molecule has 1 aliphatic rings. The summed E-state index contributed by atoms with van der Waals surface area (Å²) in [5, 5.41) is 0. The van der Waals surface area contributed by atoms with Crippen molar-refractivity contribution >= 4 is 5.97 Å². The molecular weight excluding hydrogens is 188 g/mol. The summed E-state index contributed by atoms with van der Waals surface area (Å²) in [6.45, 7) is 2.02. The van der Waals surface area contributed by atoms with Gasteiger partial charge in [0.1, 0.15) is 5.60 Å². The topological polar surface area (TPSA) is 26.3 Å². The molecule has 0 spiro atoms. The van der Waals surface area contributed by atoms with Crippen molar-refractivity contribution < 1.29 is 9.53 Å². The van der Waals surface area contributed by atoms with Crippen molar-refractivity contribution in [3.8, 4) is 0 Å². The predicted molar refractivity (Wildman–Crippen MR) is 58.5 cm³/mol. The van der Waals surface area contributed by atoms with Gasteiger partial charge in [0.15, 0.2) is 0 Å². The molecule has 15 heavy (non-hydrogen) atoms. The van der Waals surface area contributed by atoms with Crippen LogP contribution in [0.2, 0.25) is 0 Å². The van der Waals surface area contributed by atoms with E-state index in [1.54, 1.807) is 0 Å². The molecule has 0 bridgehead atoms. The molecule has 0 aromatic heterocycles. The first-order valence-corrected chi connectivity index (χ1v) is 5.44. The third-order valence-electron chi connectivity index (χ3n) is 2.87. The molecule has 1 unspecified atom stereocenters. The van der Waals surface area contributed by atoms with Crippen LogP contribution in [-0.2, 0) is 16.0 Å². The zero-order valence-corrected chi connectivity index (χ0v) is 9.03. The van der Waals surface area contributed by atoms with Crippen molar-refractivity contribution in [2.75, 3.05) is 0 Å². The van der Waals surface area contributed by atoms with Crippen LogP contribution in [-0.4, -0.2) is 11.6 Å². The predicted octanol–water partition coefficient (Wildman–Crippen LogP) is 2.71. The number of carbonyl (C=O) groups excluding carboxylic acids is 1. The van der Waals surface area contributed by atoms with Crippen molar-refractivity contribution in [2.45, 2.75) is 38.2 Å². The van der Waals surface area contributed by atoms with Crippen LogP contribution in [0.25, 0.3) is 0 Å². The summed E-state index contributed by atoms with van der Waals surface area (Å²) in [5.41, 5.74) is 0.936. The maximum Gasteiger partial charge on any atom is 0.306 e. The normalized spacial score (nSPS) is 26.1. The minimum atomic E-state index is -0.295. The molecule has 1 fully saturated rings. The minimum Gasteiger partial charge on any atom is -0.459 e. The van der Waals surface area contributed by atoms with E-state index in [0.29, 0.717) is 6.42 Å². The quantitative estimate of drug-likeness (QED) is 0.692. The molecule has 1 atom stereocenters. The van der Waals surface area contributed by atoms with E-state index in [1.807, 2.05) is 25.1 Å². The molecule has 1 saturated heterocycles. The number of ether oxygens (including phenoxy) is 1. The highest BCUT2D eigenvalue weighted by Gasteiger charge is 2.32. The monoisotopic (exact) mass is 204 g/mol. The lowest BCUT2D eigenvalue weighted by Crippen LogP contribution is -2.37. The first-order valence-electron chi connectivity index (χ1n) is 5.44. The average Bonchev–Trinajstić information content (AvgIpc) is 2.18. The fourth-order valence-electron chi connectivity index (χ4n) is 2.14. The second kappa shape index (κ2) is 4.05. The number of benzene rings is 1. The largest absolute Gasteiger partial charge is 0.459 e. The molecule has 0 aliphatic carbocycles. The molecule has 1 aromatic carbocycles. The molecule has 1 heterocycles. The standard InChI is InChI=1S/C13H16O2/c1-13(9-5-8-12(14)15-13)10-11-6-3-2-4-7-11/h2-4,6-7H,5,8-10H2,1H3. The molecule has 0 amide bonds. The summed E-state index contributed by atoms with van der Waals surface area (Å²) in [6, 6.07) is 10.2. The number of hydrogen-bond donors (Lipinski definition) is 0. The summed E-state index contributed by atoms with van der Waals surface area (Å²) in [7, 11) is 0. The first-order chi connectivity index (χ1) is 7.18. The van der Waals surface area contributed by atoms with E-state index in [0.717, 1.165) is 19.3 Å². The number of hydrogen-bond acceptors (Lipinski definition) is 2. The van der Waals surface area contributed by atoms with E-state index in [2.05, 4.69) is 12.1 Å². The molecule has 80 valence electrons. The fourth-order valence-corrected chi connectivity index (χ4v) is 2.14.